The molecule has 1 aromatic heterocycles. The van der Waals surface area contributed by atoms with Gasteiger partial charge in [-0.15, -0.1) is 0 Å². The molecule has 1 unspecified atom stereocenters. The van der Waals surface area contributed by atoms with E-state index < -0.39 is 9.84 Å². The highest BCUT2D eigenvalue weighted by Gasteiger charge is 2.33. The fourth-order valence-corrected chi connectivity index (χ4v) is 4.59. The molecule has 1 fully saturated rings. The van der Waals surface area contributed by atoms with E-state index in [4.69, 9.17) is 4.74 Å². The van der Waals surface area contributed by atoms with E-state index in [1.54, 1.807) is 53.6 Å². The number of amides is 1. The summed E-state index contributed by atoms with van der Waals surface area (Å²) < 4.78 is 30.6. The van der Waals surface area contributed by atoms with Crippen molar-refractivity contribution >= 4 is 15.7 Å². The molecule has 1 saturated heterocycles. The van der Waals surface area contributed by atoms with Crippen molar-refractivity contribution in [3.63, 3.8) is 0 Å². The van der Waals surface area contributed by atoms with E-state index in [1.165, 1.54) is 6.20 Å². The first kappa shape index (κ1) is 17.4. The second-order valence-electron chi connectivity index (χ2n) is 5.96. The summed E-state index contributed by atoms with van der Waals surface area (Å²) in [5, 5.41) is 0. The molecule has 0 aliphatic carbocycles. The molecule has 1 aliphatic heterocycles. The van der Waals surface area contributed by atoms with Gasteiger partial charge in [0, 0.05) is 18.8 Å². The van der Waals surface area contributed by atoms with Crippen molar-refractivity contribution in [2.75, 3.05) is 18.9 Å². The Morgan fingerprint density at radius 1 is 1.20 bits per heavy atom. The third-order valence-electron chi connectivity index (χ3n) is 4.21. The lowest BCUT2D eigenvalue weighted by atomic mass is 10.2. The van der Waals surface area contributed by atoms with Crippen LogP contribution in [0.15, 0.2) is 59.8 Å². The van der Waals surface area contributed by atoms with Crippen LogP contribution in [0.5, 0.6) is 5.75 Å². The highest BCUT2D eigenvalue weighted by molar-refractivity contribution is 7.91. The minimum absolute atomic E-state index is 0.0599. The first-order valence-corrected chi connectivity index (χ1v) is 9.81. The van der Waals surface area contributed by atoms with Crippen LogP contribution in [0.25, 0.3) is 0 Å². The van der Waals surface area contributed by atoms with E-state index in [2.05, 4.69) is 4.98 Å². The van der Waals surface area contributed by atoms with Crippen LogP contribution in [-0.2, 0) is 14.6 Å². The van der Waals surface area contributed by atoms with Gasteiger partial charge in [0.05, 0.1) is 16.8 Å². The Balaban J connectivity index is 1.63. The number of sulfone groups is 1. The Kier molecular flexibility index (Phi) is 5.33. The lowest BCUT2D eigenvalue weighted by Crippen LogP contribution is -2.42. The summed E-state index contributed by atoms with van der Waals surface area (Å²) in [7, 11) is -3.42. The molecular formula is C18H20N2O4S. The van der Waals surface area contributed by atoms with Gasteiger partial charge in [0.25, 0.3) is 5.91 Å². The standard InChI is InChI=1S/C18H20N2O4S/c21-18(13-24-16-7-4-10-19-12-16)20-11-5-6-15(20)14-25(22,23)17-8-2-1-3-9-17/h1-4,7-10,12,15H,5-6,11,13-14H2. The highest BCUT2D eigenvalue weighted by atomic mass is 32.2. The zero-order valence-electron chi connectivity index (χ0n) is 13.7. The molecule has 7 heteroatoms. The molecular weight excluding hydrogens is 340 g/mol. The normalized spacial score (nSPS) is 17.4. The molecule has 6 nitrogen and oxygen atoms in total. The van der Waals surface area contributed by atoms with Gasteiger partial charge in [0.1, 0.15) is 5.75 Å². The third-order valence-corrected chi connectivity index (χ3v) is 6.02. The topological polar surface area (TPSA) is 76.6 Å². The molecule has 0 spiro atoms. The maximum atomic E-state index is 12.6. The van der Waals surface area contributed by atoms with Crippen LogP contribution in [0.4, 0.5) is 0 Å². The molecule has 0 N–H and O–H groups in total. The second kappa shape index (κ2) is 7.65. The van der Waals surface area contributed by atoms with E-state index >= 15 is 0 Å². The minimum atomic E-state index is -3.42. The van der Waals surface area contributed by atoms with Gasteiger partial charge in [-0.2, -0.15) is 0 Å². The predicted octanol–water partition coefficient (Wildman–Crippen LogP) is 1.93. The number of likely N-dealkylation sites (tertiary alicyclic amines) is 1. The molecule has 1 amide bonds. The van der Waals surface area contributed by atoms with Crippen molar-refractivity contribution in [2.45, 2.75) is 23.8 Å². The minimum Gasteiger partial charge on any atom is -0.482 e. The van der Waals surface area contributed by atoms with Crippen molar-refractivity contribution in [1.29, 1.82) is 0 Å². The lowest BCUT2D eigenvalue weighted by Gasteiger charge is -2.24. The van der Waals surface area contributed by atoms with Gasteiger partial charge in [0.15, 0.2) is 16.4 Å². The average Bonchev–Trinajstić information content (AvgIpc) is 3.09. The highest BCUT2D eigenvalue weighted by Crippen LogP contribution is 2.22. The third kappa shape index (κ3) is 4.36. The number of ether oxygens (including phenoxy) is 1. The summed E-state index contributed by atoms with van der Waals surface area (Å²) in [5.41, 5.74) is 0. The molecule has 3 rings (SSSR count). The number of hydrogen-bond acceptors (Lipinski definition) is 5. The van der Waals surface area contributed by atoms with Gasteiger partial charge < -0.3 is 9.64 Å². The maximum Gasteiger partial charge on any atom is 0.260 e. The zero-order valence-corrected chi connectivity index (χ0v) is 14.6. The van der Waals surface area contributed by atoms with E-state index in [0.717, 1.165) is 6.42 Å². The number of carbonyl (C=O) groups is 1. The molecule has 1 aliphatic rings. The molecule has 0 radical (unpaired) electrons. The van der Waals surface area contributed by atoms with Crippen LogP contribution in [0, 0.1) is 0 Å². The summed E-state index contributed by atoms with van der Waals surface area (Å²) in [5.74, 6) is 0.258. The fourth-order valence-electron chi connectivity index (χ4n) is 2.98. The molecule has 25 heavy (non-hydrogen) atoms. The summed E-state index contributed by atoms with van der Waals surface area (Å²) in [6.45, 7) is 0.442. The lowest BCUT2D eigenvalue weighted by molar-refractivity contribution is -0.133. The summed E-state index contributed by atoms with van der Waals surface area (Å²) in [4.78, 5) is 18.3. The van der Waals surface area contributed by atoms with E-state index in [1.807, 2.05) is 0 Å². The number of carbonyl (C=O) groups excluding carboxylic acids is 1. The summed E-state index contributed by atoms with van der Waals surface area (Å²) in [6.07, 6.45) is 4.65. The Morgan fingerprint density at radius 3 is 2.72 bits per heavy atom. The van der Waals surface area contributed by atoms with Crippen LogP contribution in [0.3, 0.4) is 0 Å². The van der Waals surface area contributed by atoms with Gasteiger partial charge in [-0.25, -0.2) is 8.42 Å². The number of aromatic nitrogens is 1. The Hall–Kier alpha value is -2.41. The van der Waals surface area contributed by atoms with Crippen molar-refractivity contribution in [3.8, 4) is 5.75 Å². The van der Waals surface area contributed by atoms with Crippen molar-refractivity contribution in [2.24, 2.45) is 0 Å². The van der Waals surface area contributed by atoms with Crippen LogP contribution in [0.1, 0.15) is 12.8 Å². The fraction of sp³-hybridized carbons (Fsp3) is 0.333. The molecule has 0 bridgehead atoms. The van der Waals surface area contributed by atoms with Crippen LogP contribution < -0.4 is 4.74 Å². The van der Waals surface area contributed by atoms with Gasteiger partial charge in [-0.1, -0.05) is 18.2 Å². The van der Waals surface area contributed by atoms with Gasteiger partial charge in [0.2, 0.25) is 0 Å². The van der Waals surface area contributed by atoms with Crippen LogP contribution in [-0.4, -0.2) is 49.2 Å². The molecule has 1 atom stereocenters. The Labute approximate surface area is 147 Å². The van der Waals surface area contributed by atoms with Crippen LogP contribution >= 0.6 is 0 Å². The SMILES string of the molecule is O=C(COc1cccnc1)N1CCCC1CS(=O)(=O)c1ccccc1. The predicted molar refractivity (Wildman–Crippen MR) is 93.0 cm³/mol. The zero-order chi connectivity index (χ0) is 17.7. The molecule has 2 aromatic rings. The second-order valence-corrected chi connectivity index (χ2v) is 7.99. The van der Waals surface area contributed by atoms with E-state index in [9.17, 15) is 13.2 Å². The van der Waals surface area contributed by atoms with E-state index in [-0.39, 0.29) is 24.3 Å². The van der Waals surface area contributed by atoms with E-state index in [0.29, 0.717) is 23.6 Å². The molecule has 132 valence electrons. The van der Waals surface area contributed by atoms with Gasteiger partial charge in [-0.05, 0) is 37.1 Å². The largest absolute Gasteiger partial charge is 0.482 e. The first-order valence-electron chi connectivity index (χ1n) is 8.16. The first-order chi connectivity index (χ1) is 12.1. The quantitative estimate of drug-likeness (QED) is 0.787. The number of rotatable bonds is 6. The summed E-state index contributed by atoms with van der Waals surface area (Å²) in [6, 6.07) is 11.5. The molecule has 2 heterocycles. The van der Waals surface area contributed by atoms with Crippen molar-refractivity contribution in [3.05, 3.63) is 54.9 Å². The number of nitrogens with zero attached hydrogens (tertiary/aromatic N) is 2. The Morgan fingerprint density at radius 2 is 2.00 bits per heavy atom. The van der Waals surface area contributed by atoms with Crippen molar-refractivity contribution < 1.29 is 17.9 Å². The average molecular weight is 360 g/mol. The number of pyridine rings is 1. The molecule has 1 aromatic carbocycles. The number of benzene rings is 1. The van der Waals surface area contributed by atoms with Crippen molar-refractivity contribution in [1.82, 2.24) is 9.88 Å². The maximum absolute atomic E-state index is 12.6. The molecule has 0 saturated carbocycles. The van der Waals surface area contributed by atoms with Gasteiger partial charge in [-0.3, -0.25) is 9.78 Å². The summed E-state index contributed by atoms with van der Waals surface area (Å²) >= 11 is 0. The Bertz CT molecular complexity index is 809. The smallest absolute Gasteiger partial charge is 0.260 e. The van der Waals surface area contributed by atoms with Gasteiger partial charge >= 0.3 is 0 Å². The monoisotopic (exact) mass is 360 g/mol. The van der Waals surface area contributed by atoms with Crippen LogP contribution in [0.2, 0.25) is 0 Å². The number of hydrogen-bond donors (Lipinski definition) is 0.